The molecule has 2 heterocycles. The molecule has 0 saturated carbocycles. The lowest BCUT2D eigenvalue weighted by Gasteiger charge is -2.17. The molecule has 32 heavy (non-hydrogen) atoms. The van der Waals surface area contributed by atoms with Gasteiger partial charge in [-0.05, 0) is 57.5 Å². The molecule has 0 fully saturated rings. The number of para-hydroxylation sites is 1. The van der Waals surface area contributed by atoms with Crippen LogP contribution in [0.4, 0.5) is 5.69 Å². The van der Waals surface area contributed by atoms with E-state index in [-0.39, 0.29) is 17.7 Å². The zero-order chi connectivity index (χ0) is 22.8. The summed E-state index contributed by atoms with van der Waals surface area (Å²) in [7, 11) is 5.08. The van der Waals surface area contributed by atoms with E-state index in [1.807, 2.05) is 19.0 Å². The van der Waals surface area contributed by atoms with Crippen molar-refractivity contribution in [2.75, 3.05) is 26.5 Å². The van der Waals surface area contributed by atoms with Gasteiger partial charge < -0.3 is 15.0 Å². The third-order valence-electron chi connectivity index (χ3n) is 5.52. The number of aromatic nitrogens is 2. The summed E-state index contributed by atoms with van der Waals surface area (Å²) in [6.07, 6.45) is 4.03. The number of carbonyl (C=O) groups is 2. The highest BCUT2D eigenvalue weighted by molar-refractivity contribution is 7.18. The molecule has 0 unspecified atom stereocenters. The first-order valence-corrected chi connectivity index (χ1v) is 11.4. The average Bonchev–Trinajstić information content (AvgIpc) is 3.14. The van der Waals surface area contributed by atoms with Gasteiger partial charge in [0.15, 0.2) is 0 Å². The molecular formula is C23H26N4O4S. The smallest absolute Gasteiger partial charge is 0.339 e. The van der Waals surface area contributed by atoms with Crippen LogP contribution in [0.5, 0.6) is 0 Å². The predicted molar refractivity (Wildman–Crippen MR) is 124 cm³/mol. The molecule has 3 aromatic rings. The molecule has 1 aliphatic rings. The number of rotatable bonds is 6. The van der Waals surface area contributed by atoms with Gasteiger partial charge in [-0.2, -0.15) is 0 Å². The summed E-state index contributed by atoms with van der Waals surface area (Å²) >= 11 is 1.60. The van der Waals surface area contributed by atoms with Crippen molar-refractivity contribution in [3.05, 3.63) is 56.4 Å². The fourth-order valence-corrected chi connectivity index (χ4v) is 5.33. The molecule has 0 atom stereocenters. The first-order chi connectivity index (χ1) is 15.4. The van der Waals surface area contributed by atoms with Crippen molar-refractivity contribution in [1.29, 1.82) is 0 Å². The summed E-state index contributed by atoms with van der Waals surface area (Å²) in [6.45, 7) is 0.241. The van der Waals surface area contributed by atoms with Crippen LogP contribution in [0, 0.1) is 0 Å². The van der Waals surface area contributed by atoms with Gasteiger partial charge in [0.2, 0.25) is 5.91 Å². The highest BCUT2D eigenvalue weighted by atomic mass is 32.1. The average molecular weight is 455 g/mol. The Balaban J connectivity index is 1.72. The molecule has 8 nitrogen and oxygen atoms in total. The topological polar surface area (TPSA) is 93.5 Å². The first-order valence-electron chi connectivity index (χ1n) is 10.5. The van der Waals surface area contributed by atoms with Crippen LogP contribution in [-0.4, -0.2) is 47.5 Å². The standard InChI is InChI=1S/C23H26N4O4S/c1-26(2)12-18-25-21-20(15-9-5-7-11-17(15)32-21)22(29)27(18)13-19(28)24-16-10-6-4-8-14(16)23(30)31-3/h4,6,8,10H,5,7,9,11-13H2,1-3H3,(H,24,28). The molecule has 4 rings (SSSR count). The molecule has 1 aliphatic carbocycles. The maximum Gasteiger partial charge on any atom is 0.339 e. The fourth-order valence-electron chi connectivity index (χ4n) is 4.06. The Morgan fingerprint density at radius 3 is 2.72 bits per heavy atom. The van der Waals surface area contributed by atoms with Crippen LogP contribution in [0.1, 0.15) is 39.5 Å². The van der Waals surface area contributed by atoms with Crippen LogP contribution >= 0.6 is 11.3 Å². The Kier molecular flexibility index (Phi) is 6.38. The van der Waals surface area contributed by atoms with E-state index in [1.54, 1.807) is 35.6 Å². The Labute approximate surface area is 189 Å². The minimum atomic E-state index is -0.542. The van der Waals surface area contributed by atoms with Gasteiger partial charge in [0, 0.05) is 4.88 Å². The van der Waals surface area contributed by atoms with Crippen molar-refractivity contribution in [1.82, 2.24) is 14.5 Å². The minimum absolute atomic E-state index is 0.178. The Bertz CT molecular complexity index is 1240. The monoisotopic (exact) mass is 454 g/mol. The second kappa shape index (κ2) is 9.22. The zero-order valence-electron chi connectivity index (χ0n) is 18.4. The van der Waals surface area contributed by atoms with Crippen molar-refractivity contribution >= 4 is 39.1 Å². The quantitative estimate of drug-likeness (QED) is 0.576. The molecule has 0 saturated heterocycles. The molecule has 9 heteroatoms. The molecule has 0 aliphatic heterocycles. The van der Waals surface area contributed by atoms with Crippen molar-refractivity contribution in [3.8, 4) is 0 Å². The number of amides is 1. The SMILES string of the molecule is COC(=O)c1ccccc1NC(=O)Cn1c(CN(C)C)nc2sc3c(c2c1=O)CCCC3. The first kappa shape index (κ1) is 22.2. The van der Waals surface area contributed by atoms with Crippen molar-refractivity contribution < 1.29 is 14.3 Å². The van der Waals surface area contributed by atoms with Crippen molar-refractivity contribution in [2.45, 2.75) is 38.8 Å². The van der Waals surface area contributed by atoms with Gasteiger partial charge in [0.1, 0.15) is 17.2 Å². The largest absolute Gasteiger partial charge is 0.465 e. The normalized spacial score (nSPS) is 13.2. The number of benzene rings is 1. The molecule has 1 aromatic carbocycles. The summed E-state index contributed by atoms with van der Waals surface area (Å²) in [5, 5.41) is 3.40. The van der Waals surface area contributed by atoms with Gasteiger partial charge >= 0.3 is 5.97 Å². The van der Waals surface area contributed by atoms with Gasteiger partial charge in [-0.15, -0.1) is 11.3 Å². The lowest BCUT2D eigenvalue weighted by Crippen LogP contribution is -2.33. The number of esters is 1. The Hall–Kier alpha value is -3.04. The molecule has 168 valence electrons. The number of anilines is 1. The number of fused-ring (bicyclic) bond motifs is 3. The van der Waals surface area contributed by atoms with Crippen LogP contribution < -0.4 is 10.9 Å². The summed E-state index contributed by atoms with van der Waals surface area (Å²) in [5.74, 6) is -0.407. The fraction of sp³-hybridized carbons (Fsp3) is 0.391. The lowest BCUT2D eigenvalue weighted by atomic mass is 9.97. The number of nitrogens with zero attached hydrogens (tertiary/aromatic N) is 3. The van der Waals surface area contributed by atoms with E-state index in [4.69, 9.17) is 9.72 Å². The van der Waals surface area contributed by atoms with E-state index < -0.39 is 11.9 Å². The molecule has 0 radical (unpaired) electrons. The molecule has 1 amide bonds. The lowest BCUT2D eigenvalue weighted by molar-refractivity contribution is -0.116. The van der Waals surface area contributed by atoms with E-state index in [2.05, 4.69) is 5.32 Å². The van der Waals surface area contributed by atoms with E-state index >= 15 is 0 Å². The highest BCUT2D eigenvalue weighted by Gasteiger charge is 2.23. The van der Waals surface area contributed by atoms with Gasteiger partial charge in [-0.3, -0.25) is 14.2 Å². The van der Waals surface area contributed by atoms with Crippen LogP contribution in [-0.2, 0) is 35.5 Å². The maximum atomic E-state index is 13.5. The van der Waals surface area contributed by atoms with Crippen molar-refractivity contribution in [2.24, 2.45) is 0 Å². The zero-order valence-corrected chi connectivity index (χ0v) is 19.3. The van der Waals surface area contributed by atoms with E-state index in [0.29, 0.717) is 23.4 Å². The van der Waals surface area contributed by atoms with Gasteiger partial charge in [0.05, 0.1) is 30.3 Å². The molecule has 1 N–H and O–H groups in total. The number of thiophene rings is 1. The summed E-state index contributed by atoms with van der Waals surface area (Å²) < 4.78 is 6.25. The number of carbonyl (C=O) groups excluding carboxylic acids is 2. The maximum absolute atomic E-state index is 13.5. The van der Waals surface area contributed by atoms with Crippen LogP contribution in [0.25, 0.3) is 10.2 Å². The summed E-state index contributed by atoms with van der Waals surface area (Å²) in [4.78, 5) is 47.2. The second-order valence-electron chi connectivity index (χ2n) is 8.13. The molecule has 2 aromatic heterocycles. The number of methoxy groups -OCH3 is 1. The number of hydrogen-bond acceptors (Lipinski definition) is 7. The van der Waals surface area contributed by atoms with E-state index in [0.717, 1.165) is 36.1 Å². The van der Waals surface area contributed by atoms with Gasteiger partial charge in [0.25, 0.3) is 5.56 Å². The van der Waals surface area contributed by atoms with E-state index in [1.165, 1.54) is 16.6 Å². The van der Waals surface area contributed by atoms with Crippen LogP contribution in [0.3, 0.4) is 0 Å². The summed E-state index contributed by atoms with van der Waals surface area (Å²) in [5.41, 5.74) is 1.51. The number of nitrogens with one attached hydrogen (secondary N) is 1. The van der Waals surface area contributed by atoms with Gasteiger partial charge in [-0.1, -0.05) is 12.1 Å². The van der Waals surface area contributed by atoms with E-state index in [9.17, 15) is 14.4 Å². The highest BCUT2D eigenvalue weighted by Crippen LogP contribution is 2.33. The molecular weight excluding hydrogens is 428 g/mol. The minimum Gasteiger partial charge on any atom is -0.465 e. The number of hydrogen-bond donors (Lipinski definition) is 1. The predicted octanol–water partition coefficient (Wildman–Crippen LogP) is 2.82. The molecule has 0 spiro atoms. The Morgan fingerprint density at radius 1 is 1.22 bits per heavy atom. The third-order valence-corrected chi connectivity index (χ3v) is 6.71. The summed E-state index contributed by atoms with van der Waals surface area (Å²) in [6, 6.07) is 6.62. The Morgan fingerprint density at radius 2 is 1.97 bits per heavy atom. The second-order valence-corrected chi connectivity index (χ2v) is 9.22. The van der Waals surface area contributed by atoms with Crippen LogP contribution in [0.2, 0.25) is 0 Å². The van der Waals surface area contributed by atoms with Crippen molar-refractivity contribution in [3.63, 3.8) is 0 Å². The molecule has 0 bridgehead atoms. The number of aryl methyl sites for hydroxylation is 2. The number of ether oxygens (including phenoxy) is 1. The van der Waals surface area contributed by atoms with Gasteiger partial charge in [-0.25, -0.2) is 9.78 Å². The van der Waals surface area contributed by atoms with Crippen LogP contribution in [0.15, 0.2) is 29.1 Å². The third kappa shape index (κ3) is 4.31.